The van der Waals surface area contributed by atoms with E-state index in [4.69, 9.17) is 14.3 Å². The van der Waals surface area contributed by atoms with Crippen molar-refractivity contribution in [3.63, 3.8) is 0 Å². The summed E-state index contributed by atoms with van der Waals surface area (Å²) in [5.41, 5.74) is 3.24. The molecule has 454 valence electrons. The van der Waals surface area contributed by atoms with Crippen molar-refractivity contribution >= 4 is 94.9 Å². The predicted octanol–water partition coefficient (Wildman–Crippen LogP) is -0.676. The molecule has 0 saturated carbocycles. The Labute approximate surface area is 642 Å². The number of fused-ring (bicyclic) bond motifs is 6. The van der Waals surface area contributed by atoms with E-state index in [-0.39, 0.29) is 219 Å². The molecule has 2 heterocycles. The standard InChI is InChI=1S/C59H65N3O18S5.3K/c1-7-61-50-29-27-46-48(35-44(82(66,67)68)37-52(46)84(72,73)74)56(50)58(2,3)54(61)17-11-8-12-18-55-59(4,5)57-49-36-45(83(69,70)71)38-53(85(75,76)77)47(49)28-30-51(57)62(55)31-13-9-10-15-41(63)16-14-32-79-33-34-80-60-81(64,65)43-25-21-40(22-26-43)39-19-23-42(78-6)24-20-39;;;/h8,11-12,17-30,35-38,60H,7,9-10,13-16,31-34H2,1-6H3,(H3-,66,67,68,69,70,71,72,73,74,75,76,77);;;/q;3*+1/p-3. The van der Waals surface area contributed by atoms with E-state index in [1.165, 1.54) is 24.3 Å². The zero-order valence-corrected chi connectivity index (χ0v) is 63.6. The largest absolute Gasteiger partial charge is 1.00 e. The van der Waals surface area contributed by atoms with E-state index in [9.17, 15) is 65.1 Å². The number of methoxy groups -OCH3 is 1. The maximum Gasteiger partial charge on any atom is 1.00 e. The summed E-state index contributed by atoms with van der Waals surface area (Å²) in [5.74, 6) is 0.717. The molecule has 2 aliphatic rings. The number of hydrogen-bond donors (Lipinski definition) is 1. The van der Waals surface area contributed by atoms with Gasteiger partial charge in [0.15, 0.2) is 5.71 Å². The van der Waals surface area contributed by atoms with Gasteiger partial charge < -0.3 is 32.6 Å². The van der Waals surface area contributed by atoms with Crippen LogP contribution < -0.4 is 169 Å². The molecule has 29 heteroatoms. The van der Waals surface area contributed by atoms with Crippen LogP contribution in [-0.4, -0.2) is 116 Å². The maximum atomic E-state index is 12.9. The van der Waals surface area contributed by atoms with Crippen molar-refractivity contribution in [3.8, 4) is 16.9 Å². The number of ketones is 1. The number of carbonyl (C=O) groups excluding carboxylic acids is 1. The van der Waals surface area contributed by atoms with Gasteiger partial charge in [0.1, 0.15) is 58.6 Å². The monoisotopic (exact) mass is 1380 g/mol. The quantitative estimate of drug-likeness (QED) is 0.0176. The van der Waals surface area contributed by atoms with Crippen LogP contribution in [-0.2, 0) is 75.7 Å². The number of nitrogens with zero attached hydrogens (tertiary/aromatic N) is 2. The van der Waals surface area contributed by atoms with Crippen LogP contribution in [0.2, 0.25) is 0 Å². The number of rotatable bonds is 26. The van der Waals surface area contributed by atoms with Gasteiger partial charge in [-0.3, -0.25) is 9.63 Å². The Kier molecular flexibility index (Phi) is 27.4. The van der Waals surface area contributed by atoms with E-state index in [2.05, 4.69) is 4.89 Å². The Morgan fingerprint density at radius 2 is 1.12 bits per heavy atom. The van der Waals surface area contributed by atoms with Gasteiger partial charge >= 0.3 is 154 Å². The van der Waals surface area contributed by atoms with Crippen molar-refractivity contribution in [1.29, 1.82) is 0 Å². The smallest absolute Gasteiger partial charge is 0.744 e. The van der Waals surface area contributed by atoms with Crippen LogP contribution in [0.3, 0.4) is 0 Å². The Morgan fingerprint density at radius 3 is 1.67 bits per heavy atom. The third-order valence-electron chi connectivity index (χ3n) is 15.1. The molecule has 0 radical (unpaired) electrons. The summed E-state index contributed by atoms with van der Waals surface area (Å²) in [6, 6.07) is 23.0. The van der Waals surface area contributed by atoms with Crippen molar-refractivity contribution in [2.24, 2.45) is 0 Å². The van der Waals surface area contributed by atoms with Crippen molar-refractivity contribution in [2.45, 2.75) is 108 Å². The van der Waals surface area contributed by atoms with Crippen LogP contribution in [0.4, 0.5) is 11.4 Å². The van der Waals surface area contributed by atoms with Gasteiger partial charge in [-0.2, -0.15) is 4.58 Å². The Balaban J connectivity index is 0.00000470. The average molecular weight is 1380 g/mol. The number of nitrogens with one attached hydrogen (secondary N) is 1. The second-order valence-electron chi connectivity index (χ2n) is 21.3. The van der Waals surface area contributed by atoms with Crippen LogP contribution in [0.1, 0.15) is 84.3 Å². The van der Waals surface area contributed by atoms with Crippen molar-refractivity contribution in [2.75, 3.05) is 44.9 Å². The number of ether oxygens (including phenoxy) is 2. The van der Waals surface area contributed by atoms with Gasteiger partial charge in [0.2, 0.25) is 5.69 Å². The van der Waals surface area contributed by atoms with E-state index in [1.807, 2.05) is 80.5 Å². The van der Waals surface area contributed by atoms with Gasteiger partial charge in [0, 0.05) is 72.3 Å². The molecule has 1 N–H and O–H groups in total. The number of likely N-dealkylation sites (N-methyl/N-ethyl adjacent to an activating group) is 1. The molecule has 0 aromatic heterocycles. The molecule has 6 aromatic rings. The number of anilines is 1. The van der Waals surface area contributed by atoms with Crippen LogP contribution in [0.15, 0.2) is 158 Å². The normalized spacial score (nSPS) is 15.4. The summed E-state index contributed by atoms with van der Waals surface area (Å²) in [4.78, 5) is 18.7. The molecule has 0 fully saturated rings. The molecule has 0 bridgehead atoms. The summed E-state index contributed by atoms with van der Waals surface area (Å²) in [6.45, 7) is 10.2. The summed E-state index contributed by atoms with van der Waals surface area (Å²) in [6.07, 6.45) is 11.5. The van der Waals surface area contributed by atoms with Crippen LogP contribution in [0.5, 0.6) is 5.75 Å². The van der Waals surface area contributed by atoms with E-state index in [0.29, 0.717) is 90.6 Å². The van der Waals surface area contributed by atoms with Crippen LogP contribution in [0.25, 0.3) is 32.7 Å². The molecule has 0 aliphatic carbocycles. The second-order valence-corrected chi connectivity index (χ2v) is 28.4. The van der Waals surface area contributed by atoms with Gasteiger partial charge in [-0.25, -0.2) is 42.1 Å². The SMILES string of the molecule is CCN1/C(=C/C=C/C=C/C2=[N+](CCCCCC(=O)CCCOCCONS(=O)(=O)c3ccc(-c4ccc(OC)cc4)cc3)c3ccc4c(S(=O)(=O)[O-])cc(S(=O)(=O)[O-])cc4c3C2(C)C)C(C)(C)c2c1ccc1c(S(=O)(=O)[O-])cc(S(=O)(=O)[O-])cc21.[K+].[K+].[K+]. The fourth-order valence-electron chi connectivity index (χ4n) is 11.2. The first kappa shape index (κ1) is 77.1. The summed E-state index contributed by atoms with van der Waals surface area (Å²) in [7, 11) is -23.3. The van der Waals surface area contributed by atoms with E-state index in [1.54, 1.807) is 49.6 Å². The number of sulfonamides is 1. The molecule has 6 aromatic carbocycles. The molecule has 88 heavy (non-hydrogen) atoms. The zero-order chi connectivity index (χ0) is 62.1. The first-order valence-corrected chi connectivity index (χ1v) is 33.9. The number of unbranched alkanes of at least 4 members (excludes halogenated alkanes) is 2. The molecule has 21 nitrogen and oxygen atoms in total. The molecule has 0 amide bonds. The summed E-state index contributed by atoms with van der Waals surface area (Å²) in [5, 5.41) is 0.0758. The van der Waals surface area contributed by atoms with E-state index in [0.717, 1.165) is 23.3 Å². The summed E-state index contributed by atoms with van der Waals surface area (Å²) < 4.78 is 187. The Hall–Kier alpha value is -1.62. The molecule has 0 unspecified atom stereocenters. The van der Waals surface area contributed by atoms with Gasteiger partial charge in [-0.15, -0.1) is 0 Å². The minimum Gasteiger partial charge on any atom is -0.744 e. The van der Waals surface area contributed by atoms with Gasteiger partial charge in [-0.1, -0.05) is 67.3 Å². The topological polar surface area (TPSA) is 326 Å². The average Bonchev–Trinajstić information content (AvgIpc) is 1.53. The zero-order valence-electron chi connectivity index (χ0n) is 50.2. The Morgan fingerprint density at radius 1 is 0.580 bits per heavy atom. The fourth-order valence-corrected chi connectivity index (χ4v) is 14.6. The van der Waals surface area contributed by atoms with Crippen molar-refractivity contribution in [3.05, 3.63) is 144 Å². The van der Waals surface area contributed by atoms with E-state index < -0.39 is 80.9 Å². The molecule has 0 spiro atoms. The minimum atomic E-state index is -5.28. The van der Waals surface area contributed by atoms with Crippen LogP contribution >= 0.6 is 0 Å². The summed E-state index contributed by atoms with van der Waals surface area (Å²) >= 11 is 0. The molecular formula is C59H62K3N3O18S5. The number of allylic oxidation sites excluding steroid dienone is 6. The van der Waals surface area contributed by atoms with Crippen LogP contribution in [0, 0.1) is 0 Å². The number of hydrogen-bond acceptors (Lipinski definition) is 19. The van der Waals surface area contributed by atoms with Gasteiger partial charge in [0.25, 0.3) is 10.0 Å². The third-order valence-corrected chi connectivity index (χ3v) is 19.7. The third kappa shape index (κ3) is 17.6. The number of benzene rings is 6. The van der Waals surface area contributed by atoms with E-state index >= 15 is 0 Å². The first-order chi connectivity index (χ1) is 39.8. The first-order valence-electron chi connectivity index (χ1n) is 26.8. The minimum absolute atomic E-state index is 0. The maximum absolute atomic E-state index is 12.9. The second kappa shape index (κ2) is 31.3. The molecule has 8 rings (SSSR count). The number of carbonyl (C=O) groups is 1. The van der Waals surface area contributed by atoms with Crippen molar-refractivity contribution < 1.29 is 238 Å². The van der Waals surface area contributed by atoms with Crippen molar-refractivity contribution in [1.82, 2.24) is 4.89 Å². The van der Waals surface area contributed by atoms with Gasteiger partial charge in [0.05, 0.1) is 50.2 Å². The molecule has 2 aliphatic heterocycles. The Bertz CT molecular complexity index is 4350. The molecular weight excluding hydrogens is 1320 g/mol. The predicted molar refractivity (Wildman–Crippen MR) is 313 cm³/mol. The molecule has 0 saturated heterocycles. The fraction of sp³-hybridized carbons (Fsp3) is 0.322. The molecule has 0 atom stereocenters. The number of Topliss-reactive ketones (excluding diaryl/α,β-unsaturated/α-hetero) is 1. The van der Waals surface area contributed by atoms with Gasteiger partial charge in [-0.05, 0) is 140 Å².